The summed E-state index contributed by atoms with van der Waals surface area (Å²) in [6.45, 7) is 6.53. The third kappa shape index (κ3) is 4.87. The van der Waals surface area contributed by atoms with Crippen molar-refractivity contribution in [3.63, 3.8) is 0 Å². The Bertz CT molecular complexity index is 459. The number of nitrogens with one attached hydrogen (secondary N) is 1. The first kappa shape index (κ1) is 16.6. The summed E-state index contributed by atoms with van der Waals surface area (Å²) in [7, 11) is 1.67. The van der Waals surface area contributed by atoms with Crippen LogP contribution in [0.15, 0.2) is 16.6 Å². The zero-order chi connectivity index (χ0) is 15.2. The lowest BCUT2D eigenvalue weighted by Crippen LogP contribution is -2.26. The van der Waals surface area contributed by atoms with E-state index in [-0.39, 0.29) is 6.10 Å². The van der Waals surface area contributed by atoms with Crippen molar-refractivity contribution in [2.24, 2.45) is 0 Å². The molecule has 0 radical (unpaired) electrons. The van der Waals surface area contributed by atoms with Crippen molar-refractivity contribution >= 4 is 15.9 Å². The number of rotatable bonds is 7. The molecule has 21 heavy (non-hydrogen) atoms. The highest BCUT2D eigenvalue weighted by Gasteiger charge is 2.17. The van der Waals surface area contributed by atoms with Gasteiger partial charge >= 0.3 is 0 Å². The summed E-state index contributed by atoms with van der Waals surface area (Å²) in [6.07, 6.45) is 2.76. The van der Waals surface area contributed by atoms with Crippen LogP contribution in [0.2, 0.25) is 0 Å². The normalized spacial score (nSPS) is 18.2. The summed E-state index contributed by atoms with van der Waals surface area (Å²) >= 11 is 3.52. The fourth-order valence-electron chi connectivity index (χ4n) is 2.45. The minimum Gasteiger partial charge on any atom is -0.493 e. The zero-order valence-corrected chi connectivity index (χ0v) is 14.5. The minimum atomic E-state index is 0.108. The first-order chi connectivity index (χ1) is 10.1. The molecule has 1 aliphatic rings. The summed E-state index contributed by atoms with van der Waals surface area (Å²) in [5, 5.41) is 3.45. The van der Waals surface area contributed by atoms with Crippen molar-refractivity contribution in [1.29, 1.82) is 0 Å². The maximum atomic E-state index is 5.93. The van der Waals surface area contributed by atoms with Crippen molar-refractivity contribution in [2.45, 2.75) is 45.4 Å². The molecule has 0 saturated carbocycles. The smallest absolute Gasteiger partial charge is 0.166 e. The van der Waals surface area contributed by atoms with E-state index in [2.05, 4.69) is 27.3 Å². The zero-order valence-electron chi connectivity index (χ0n) is 12.9. The number of halogens is 1. The van der Waals surface area contributed by atoms with E-state index in [1.165, 1.54) is 6.42 Å². The molecule has 0 amide bonds. The lowest BCUT2D eigenvalue weighted by atomic mass is 10.1. The van der Waals surface area contributed by atoms with Crippen LogP contribution in [-0.2, 0) is 11.3 Å². The van der Waals surface area contributed by atoms with E-state index in [4.69, 9.17) is 14.2 Å². The van der Waals surface area contributed by atoms with Crippen LogP contribution in [0, 0.1) is 0 Å². The second-order valence-corrected chi connectivity index (χ2v) is 6.44. The Morgan fingerprint density at radius 1 is 1.43 bits per heavy atom. The van der Waals surface area contributed by atoms with E-state index in [1.54, 1.807) is 7.11 Å². The van der Waals surface area contributed by atoms with Crippen LogP contribution in [0.4, 0.5) is 0 Å². The predicted molar refractivity (Wildman–Crippen MR) is 87.1 cm³/mol. The van der Waals surface area contributed by atoms with E-state index in [0.717, 1.165) is 47.7 Å². The summed E-state index contributed by atoms with van der Waals surface area (Å²) in [4.78, 5) is 0. The van der Waals surface area contributed by atoms with Gasteiger partial charge in [-0.3, -0.25) is 0 Å². The molecular weight excluding hydrogens is 334 g/mol. The van der Waals surface area contributed by atoms with Crippen molar-refractivity contribution in [1.82, 2.24) is 5.32 Å². The van der Waals surface area contributed by atoms with Crippen LogP contribution in [0.5, 0.6) is 11.5 Å². The Hall–Kier alpha value is -0.780. The molecule has 1 aromatic rings. The van der Waals surface area contributed by atoms with Gasteiger partial charge in [-0.1, -0.05) is 15.9 Å². The number of methoxy groups -OCH3 is 1. The molecule has 1 heterocycles. The molecule has 0 spiro atoms. The minimum absolute atomic E-state index is 0.108. The van der Waals surface area contributed by atoms with Crippen LogP contribution in [0.25, 0.3) is 0 Å². The number of ether oxygens (including phenoxy) is 3. The van der Waals surface area contributed by atoms with Gasteiger partial charge in [0.05, 0.1) is 19.3 Å². The SMILES string of the molecule is COc1cc(Br)cc(CNC[C@@H]2CCCO2)c1OC(C)C. The average molecular weight is 358 g/mol. The molecule has 2 rings (SSSR count). The van der Waals surface area contributed by atoms with Gasteiger partial charge in [0.15, 0.2) is 11.5 Å². The van der Waals surface area contributed by atoms with Crippen LogP contribution < -0.4 is 14.8 Å². The second-order valence-electron chi connectivity index (χ2n) is 5.53. The summed E-state index contributed by atoms with van der Waals surface area (Å²) < 4.78 is 18.0. The highest BCUT2D eigenvalue weighted by molar-refractivity contribution is 9.10. The Labute approximate surface area is 135 Å². The second kappa shape index (κ2) is 8.01. The molecular formula is C16H24BrNO3. The highest BCUT2D eigenvalue weighted by Crippen LogP contribution is 2.35. The van der Waals surface area contributed by atoms with Crippen molar-refractivity contribution in [3.8, 4) is 11.5 Å². The molecule has 0 aliphatic carbocycles. The lowest BCUT2D eigenvalue weighted by Gasteiger charge is -2.19. The monoisotopic (exact) mass is 357 g/mol. The van der Waals surface area contributed by atoms with Gasteiger partial charge in [0, 0.05) is 29.7 Å². The predicted octanol–water partition coefficient (Wildman–Crippen LogP) is 3.51. The van der Waals surface area contributed by atoms with Crippen molar-refractivity contribution < 1.29 is 14.2 Å². The van der Waals surface area contributed by atoms with Crippen LogP contribution >= 0.6 is 15.9 Å². The lowest BCUT2D eigenvalue weighted by molar-refractivity contribution is 0.110. The Balaban J connectivity index is 2.06. The molecule has 118 valence electrons. The van der Waals surface area contributed by atoms with Gasteiger partial charge in [0.2, 0.25) is 0 Å². The largest absolute Gasteiger partial charge is 0.493 e. The molecule has 1 saturated heterocycles. The van der Waals surface area contributed by atoms with Crippen molar-refractivity contribution in [2.75, 3.05) is 20.3 Å². The van der Waals surface area contributed by atoms with Crippen LogP contribution in [0.1, 0.15) is 32.3 Å². The fraction of sp³-hybridized carbons (Fsp3) is 0.625. The first-order valence-electron chi connectivity index (χ1n) is 7.45. The number of hydrogen-bond acceptors (Lipinski definition) is 4. The van der Waals surface area contributed by atoms with Crippen molar-refractivity contribution in [3.05, 3.63) is 22.2 Å². The van der Waals surface area contributed by atoms with Gasteiger partial charge < -0.3 is 19.5 Å². The molecule has 0 aromatic heterocycles. The van der Waals surface area contributed by atoms with Gasteiger partial charge in [-0.05, 0) is 38.8 Å². The Kier molecular flexibility index (Phi) is 6.33. The van der Waals surface area contributed by atoms with Gasteiger partial charge in [-0.15, -0.1) is 0 Å². The van der Waals surface area contributed by atoms with Gasteiger partial charge in [-0.2, -0.15) is 0 Å². The van der Waals surface area contributed by atoms with E-state index in [0.29, 0.717) is 6.10 Å². The van der Waals surface area contributed by atoms with Gasteiger partial charge in [0.1, 0.15) is 0 Å². The van der Waals surface area contributed by atoms with E-state index >= 15 is 0 Å². The quantitative estimate of drug-likeness (QED) is 0.810. The standard InChI is InChI=1S/C16H24BrNO3/c1-11(2)21-16-12(7-13(17)8-15(16)19-3)9-18-10-14-5-4-6-20-14/h7-8,11,14,18H,4-6,9-10H2,1-3H3/t14-/m0/s1. The third-order valence-corrected chi connectivity index (χ3v) is 3.84. The maximum Gasteiger partial charge on any atom is 0.166 e. The molecule has 1 aromatic carbocycles. The molecule has 0 unspecified atom stereocenters. The molecule has 1 atom stereocenters. The van der Waals surface area contributed by atoms with Gasteiger partial charge in [0.25, 0.3) is 0 Å². The number of benzene rings is 1. The molecule has 1 fully saturated rings. The summed E-state index contributed by atoms with van der Waals surface area (Å²) in [5.74, 6) is 1.57. The summed E-state index contributed by atoms with van der Waals surface area (Å²) in [5.41, 5.74) is 1.09. The van der Waals surface area contributed by atoms with Gasteiger partial charge in [-0.25, -0.2) is 0 Å². The molecule has 0 bridgehead atoms. The van der Waals surface area contributed by atoms with E-state index in [1.807, 2.05) is 19.9 Å². The average Bonchev–Trinajstić information content (AvgIpc) is 2.94. The van der Waals surface area contributed by atoms with E-state index < -0.39 is 0 Å². The summed E-state index contributed by atoms with van der Waals surface area (Å²) in [6, 6.07) is 4.00. The number of hydrogen-bond donors (Lipinski definition) is 1. The molecule has 5 heteroatoms. The molecule has 4 nitrogen and oxygen atoms in total. The van der Waals surface area contributed by atoms with Crippen LogP contribution in [-0.4, -0.2) is 32.5 Å². The Morgan fingerprint density at radius 2 is 2.24 bits per heavy atom. The maximum absolute atomic E-state index is 5.93. The Morgan fingerprint density at radius 3 is 2.86 bits per heavy atom. The topological polar surface area (TPSA) is 39.7 Å². The fourth-order valence-corrected chi connectivity index (χ4v) is 2.93. The molecule has 1 N–H and O–H groups in total. The van der Waals surface area contributed by atoms with Crippen LogP contribution in [0.3, 0.4) is 0 Å². The first-order valence-corrected chi connectivity index (χ1v) is 8.25. The highest BCUT2D eigenvalue weighted by atomic mass is 79.9. The third-order valence-electron chi connectivity index (χ3n) is 3.38. The van der Waals surface area contributed by atoms with E-state index in [9.17, 15) is 0 Å². The molecule has 1 aliphatic heterocycles.